The third kappa shape index (κ3) is 3.30. The van der Waals surface area contributed by atoms with Gasteiger partial charge in [0.05, 0.1) is 4.47 Å². The van der Waals surface area contributed by atoms with Gasteiger partial charge in [0.2, 0.25) is 11.2 Å². The quantitative estimate of drug-likeness (QED) is 0.852. The van der Waals surface area contributed by atoms with E-state index in [-0.39, 0.29) is 5.28 Å². The van der Waals surface area contributed by atoms with Gasteiger partial charge < -0.3 is 4.90 Å². The van der Waals surface area contributed by atoms with Crippen molar-refractivity contribution in [1.29, 1.82) is 0 Å². The van der Waals surface area contributed by atoms with E-state index in [2.05, 4.69) is 35.9 Å². The molecule has 0 unspecified atom stereocenters. The standard InChI is InChI=1S/C10H9BrClN5S/c1-17(2)9-14-8(12)15-10(16-9)18-7-6(11)4-3-5-13-7/h3-5H,1-2H3. The zero-order valence-electron chi connectivity index (χ0n) is 9.63. The van der Waals surface area contributed by atoms with E-state index < -0.39 is 0 Å². The Morgan fingerprint density at radius 3 is 2.72 bits per heavy atom. The number of hydrogen-bond donors (Lipinski definition) is 0. The molecule has 0 amide bonds. The van der Waals surface area contributed by atoms with E-state index in [4.69, 9.17) is 11.6 Å². The Kier molecular flexibility index (Phi) is 4.36. The van der Waals surface area contributed by atoms with Crippen LogP contribution in [0.2, 0.25) is 5.28 Å². The highest BCUT2D eigenvalue weighted by Crippen LogP contribution is 2.30. The van der Waals surface area contributed by atoms with Gasteiger partial charge >= 0.3 is 0 Å². The van der Waals surface area contributed by atoms with E-state index in [0.717, 1.165) is 9.50 Å². The number of halogens is 2. The van der Waals surface area contributed by atoms with E-state index in [0.29, 0.717) is 11.1 Å². The Hall–Kier alpha value is -0.920. The van der Waals surface area contributed by atoms with E-state index in [9.17, 15) is 0 Å². The molecule has 0 atom stereocenters. The normalized spacial score (nSPS) is 10.4. The number of pyridine rings is 1. The molecule has 18 heavy (non-hydrogen) atoms. The van der Waals surface area contributed by atoms with Crippen molar-refractivity contribution < 1.29 is 0 Å². The summed E-state index contributed by atoms with van der Waals surface area (Å²) in [6.07, 6.45) is 1.71. The van der Waals surface area contributed by atoms with Crippen LogP contribution in [0.1, 0.15) is 0 Å². The van der Waals surface area contributed by atoms with Gasteiger partial charge in [-0.15, -0.1) is 0 Å². The zero-order chi connectivity index (χ0) is 13.1. The molecular weight excluding hydrogens is 338 g/mol. The number of nitrogens with zero attached hydrogens (tertiary/aromatic N) is 5. The topological polar surface area (TPSA) is 54.8 Å². The first-order valence-corrected chi connectivity index (χ1v) is 6.92. The van der Waals surface area contributed by atoms with Crippen molar-refractivity contribution in [1.82, 2.24) is 19.9 Å². The average molecular weight is 347 g/mol. The van der Waals surface area contributed by atoms with Gasteiger partial charge in [-0.2, -0.15) is 15.0 Å². The largest absolute Gasteiger partial charge is 0.347 e. The van der Waals surface area contributed by atoms with Crippen molar-refractivity contribution in [2.75, 3.05) is 19.0 Å². The summed E-state index contributed by atoms with van der Waals surface area (Å²) in [5.74, 6) is 0.518. The molecule has 5 nitrogen and oxygen atoms in total. The smallest absolute Gasteiger partial charge is 0.230 e. The number of rotatable bonds is 3. The summed E-state index contributed by atoms with van der Waals surface area (Å²) in [7, 11) is 3.69. The van der Waals surface area contributed by atoms with Crippen LogP contribution in [0.25, 0.3) is 0 Å². The monoisotopic (exact) mass is 345 g/mol. The molecule has 0 N–H and O–H groups in total. The summed E-state index contributed by atoms with van der Waals surface area (Å²) in [6, 6.07) is 3.75. The number of aromatic nitrogens is 4. The summed E-state index contributed by atoms with van der Waals surface area (Å²) < 4.78 is 0.887. The Morgan fingerprint density at radius 1 is 1.28 bits per heavy atom. The van der Waals surface area contributed by atoms with Gasteiger partial charge in [-0.05, 0) is 51.4 Å². The second kappa shape index (κ2) is 5.81. The molecule has 0 saturated heterocycles. The van der Waals surface area contributed by atoms with E-state index in [1.54, 1.807) is 11.1 Å². The Morgan fingerprint density at radius 2 is 2.06 bits per heavy atom. The van der Waals surface area contributed by atoms with E-state index >= 15 is 0 Å². The fraction of sp³-hybridized carbons (Fsp3) is 0.200. The van der Waals surface area contributed by atoms with Crippen LogP contribution in [-0.4, -0.2) is 34.0 Å². The van der Waals surface area contributed by atoms with Crippen LogP contribution in [0.5, 0.6) is 0 Å². The van der Waals surface area contributed by atoms with E-state index in [1.165, 1.54) is 11.8 Å². The maximum Gasteiger partial charge on any atom is 0.230 e. The number of anilines is 1. The van der Waals surface area contributed by atoms with Crippen LogP contribution in [0.15, 0.2) is 33.0 Å². The Balaban J connectivity index is 2.32. The molecule has 0 bridgehead atoms. The van der Waals surface area contributed by atoms with Gasteiger partial charge in [-0.25, -0.2) is 4.98 Å². The van der Waals surface area contributed by atoms with Crippen LogP contribution in [0.4, 0.5) is 5.95 Å². The Labute approximate surface area is 122 Å². The highest BCUT2D eigenvalue weighted by molar-refractivity contribution is 9.10. The predicted octanol–water partition coefficient (Wildman–Crippen LogP) is 2.90. The van der Waals surface area contributed by atoms with Crippen LogP contribution < -0.4 is 4.90 Å². The highest BCUT2D eigenvalue weighted by Gasteiger charge is 2.10. The maximum absolute atomic E-state index is 5.87. The summed E-state index contributed by atoms with van der Waals surface area (Å²) >= 11 is 10.6. The molecular formula is C10H9BrClN5S. The zero-order valence-corrected chi connectivity index (χ0v) is 12.8. The molecule has 0 aromatic carbocycles. The lowest BCUT2D eigenvalue weighted by molar-refractivity contribution is 0.863. The molecule has 0 saturated carbocycles. The summed E-state index contributed by atoms with van der Waals surface area (Å²) in [4.78, 5) is 18.4. The SMILES string of the molecule is CN(C)c1nc(Cl)nc(Sc2ncccc2Br)n1. The van der Waals surface area contributed by atoms with Crippen LogP contribution in [0, 0.1) is 0 Å². The first kappa shape index (κ1) is 13.5. The molecule has 2 aromatic heterocycles. The summed E-state index contributed by atoms with van der Waals surface area (Å²) in [5.41, 5.74) is 0. The summed E-state index contributed by atoms with van der Waals surface area (Å²) in [6.45, 7) is 0. The van der Waals surface area contributed by atoms with Crippen LogP contribution >= 0.6 is 39.3 Å². The first-order valence-electron chi connectivity index (χ1n) is 4.93. The van der Waals surface area contributed by atoms with Crippen LogP contribution in [0.3, 0.4) is 0 Å². The van der Waals surface area contributed by atoms with Crippen molar-refractivity contribution in [2.45, 2.75) is 10.2 Å². The van der Waals surface area contributed by atoms with Gasteiger partial charge in [-0.1, -0.05) is 0 Å². The minimum atomic E-state index is 0.170. The Bertz CT molecular complexity index is 566. The maximum atomic E-state index is 5.87. The molecule has 2 aromatic rings. The average Bonchev–Trinajstić information content (AvgIpc) is 2.31. The lowest BCUT2D eigenvalue weighted by atomic mass is 10.5. The van der Waals surface area contributed by atoms with Gasteiger partial charge in [0.15, 0.2) is 5.16 Å². The molecule has 0 spiro atoms. The molecule has 2 rings (SSSR count). The van der Waals surface area contributed by atoms with Crippen LogP contribution in [-0.2, 0) is 0 Å². The fourth-order valence-electron chi connectivity index (χ4n) is 1.10. The summed E-state index contributed by atoms with van der Waals surface area (Å²) in [5, 5.41) is 1.46. The van der Waals surface area contributed by atoms with Gasteiger partial charge in [0.25, 0.3) is 0 Å². The molecule has 8 heteroatoms. The van der Waals surface area contributed by atoms with E-state index in [1.807, 2.05) is 26.2 Å². The van der Waals surface area contributed by atoms with Crippen molar-refractivity contribution >= 4 is 45.2 Å². The van der Waals surface area contributed by atoms with Crippen molar-refractivity contribution in [3.63, 3.8) is 0 Å². The molecule has 0 fully saturated rings. The minimum Gasteiger partial charge on any atom is -0.347 e. The molecule has 0 radical (unpaired) electrons. The third-order valence-corrected chi connectivity index (χ3v) is 3.84. The van der Waals surface area contributed by atoms with Crippen molar-refractivity contribution in [2.24, 2.45) is 0 Å². The molecule has 0 aliphatic heterocycles. The lowest BCUT2D eigenvalue weighted by Crippen LogP contribution is -2.13. The van der Waals surface area contributed by atoms with Crippen molar-refractivity contribution in [3.05, 3.63) is 28.1 Å². The predicted molar refractivity (Wildman–Crippen MR) is 75.2 cm³/mol. The highest BCUT2D eigenvalue weighted by atomic mass is 79.9. The third-order valence-electron chi connectivity index (χ3n) is 1.89. The second-order valence-electron chi connectivity index (χ2n) is 3.47. The molecule has 0 aliphatic carbocycles. The van der Waals surface area contributed by atoms with Gasteiger partial charge in [0, 0.05) is 20.3 Å². The molecule has 94 valence electrons. The van der Waals surface area contributed by atoms with Gasteiger partial charge in [0.1, 0.15) is 5.03 Å². The molecule has 2 heterocycles. The first-order chi connectivity index (χ1) is 8.56. The van der Waals surface area contributed by atoms with Gasteiger partial charge in [-0.3, -0.25) is 0 Å². The minimum absolute atomic E-state index is 0.170. The second-order valence-corrected chi connectivity index (χ2v) is 5.62. The lowest BCUT2D eigenvalue weighted by Gasteiger charge is -2.10. The van der Waals surface area contributed by atoms with Crippen molar-refractivity contribution in [3.8, 4) is 0 Å². The fourth-order valence-corrected chi connectivity index (χ4v) is 2.52. The number of hydrogen-bond acceptors (Lipinski definition) is 6. The molecule has 0 aliphatic rings.